The highest BCUT2D eigenvalue weighted by Crippen LogP contribution is 2.58. The normalized spacial score (nSPS) is 25.8. The smallest absolute Gasteiger partial charge is 0.238 e. The molecule has 1 N–H and O–H groups in total. The van der Waals surface area contributed by atoms with Gasteiger partial charge in [-0.2, -0.15) is 0 Å². The molecule has 180 valence electrons. The van der Waals surface area contributed by atoms with Gasteiger partial charge in [0, 0.05) is 22.4 Å². The minimum absolute atomic E-state index is 0.0547. The minimum Gasteiger partial charge on any atom is -0.352 e. The van der Waals surface area contributed by atoms with Gasteiger partial charge in [0.05, 0.1) is 12.0 Å². The van der Waals surface area contributed by atoms with Gasteiger partial charge in [-0.05, 0) is 23.3 Å². The molecule has 3 aromatic rings. The number of amides is 1. The third kappa shape index (κ3) is 2.92. The molecule has 3 aliphatic heterocycles. The monoisotopic (exact) mass is 476 g/mol. The zero-order valence-corrected chi connectivity index (χ0v) is 20.6. The first-order valence-corrected chi connectivity index (χ1v) is 12.4. The number of benzene rings is 3. The van der Waals surface area contributed by atoms with E-state index in [9.17, 15) is 14.4 Å². The summed E-state index contributed by atoms with van der Waals surface area (Å²) in [5.41, 5.74) is 1.84. The molecule has 4 atom stereocenters. The Hall–Kier alpha value is -3.99. The van der Waals surface area contributed by atoms with Gasteiger partial charge in [0.25, 0.3) is 0 Å². The minimum atomic E-state index is -1.25. The van der Waals surface area contributed by atoms with Crippen LogP contribution in [0.25, 0.3) is 6.08 Å². The van der Waals surface area contributed by atoms with E-state index in [0.717, 1.165) is 16.8 Å². The molecule has 0 aliphatic carbocycles. The second-order valence-corrected chi connectivity index (χ2v) is 10.9. The van der Waals surface area contributed by atoms with Crippen LogP contribution in [-0.2, 0) is 15.0 Å². The molecule has 3 heterocycles. The Labute approximate surface area is 210 Å². The number of carbonyl (C=O) groups excluding carboxylic acids is 3. The van der Waals surface area contributed by atoms with Crippen LogP contribution in [0.1, 0.15) is 42.3 Å². The molecule has 1 fully saturated rings. The van der Waals surface area contributed by atoms with Crippen molar-refractivity contribution >= 4 is 34.9 Å². The number of hydrogen-bond donors (Lipinski definition) is 1. The summed E-state index contributed by atoms with van der Waals surface area (Å²) in [6.45, 7) is 5.65. The molecule has 5 heteroatoms. The first-order chi connectivity index (χ1) is 17.3. The molecule has 0 bridgehead atoms. The van der Waals surface area contributed by atoms with E-state index in [1.54, 1.807) is 12.1 Å². The maximum Gasteiger partial charge on any atom is 0.238 e. The van der Waals surface area contributed by atoms with Gasteiger partial charge in [0.15, 0.2) is 11.6 Å². The largest absolute Gasteiger partial charge is 0.352 e. The molecule has 36 heavy (non-hydrogen) atoms. The Morgan fingerprint density at radius 1 is 0.889 bits per heavy atom. The fraction of sp³-hybridized carbons (Fsp3) is 0.258. The van der Waals surface area contributed by atoms with E-state index in [4.69, 9.17) is 0 Å². The third-order valence-electron chi connectivity index (χ3n) is 7.89. The summed E-state index contributed by atoms with van der Waals surface area (Å²) in [4.78, 5) is 45.0. The number of ketones is 2. The number of Topliss-reactive ketones (excluding diaryl/α,β-unsaturated/α-hetero) is 2. The van der Waals surface area contributed by atoms with Crippen LogP contribution in [-0.4, -0.2) is 29.6 Å². The molecular formula is C31H28N2O3. The van der Waals surface area contributed by atoms with Crippen LogP contribution in [0.5, 0.6) is 0 Å². The molecule has 3 aromatic carbocycles. The average molecular weight is 477 g/mol. The maximum absolute atomic E-state index is 14.5. The fourth-order valence-electron chi connectivity index (χ4n) is 6.35. The molecule has 0 radical (unpaired) electrons. The van der Waals surface area contributed by atoms with Gasteiger partial charge < -0.3 is 10.2 Å². The number of nitrogens with zero attached hydrogens (tertiary/aromatic N) is 1. The van der Waals surface area contributed by atoms with E-state index < -0.39 is 28.8 Å². The Morgan fingerprint density at radius 2 is 1.56 bits per heavy atom. The van der Waals surface area contributed by atoms with Crippen molar-refractivity contribution in [1.29, 1.82) is 0 Å². The quantitative estimate of drug-likeness (QED) is 0.523. The van der Waals surface area contributed by atoms with Gasteiger partial charge in [-0.25, -0.2) is 0 Å². The summed E-state index contributed by atoms with van der Waals surface area (Å²) in [5, 5.41) is 3.06. The van der Waals surface area contributed by atoms with Gasteiger partial charge >= 0.3 is 0 Å². The van der Waals surface area contributed by atoms with E-state index in [2.05, 4.69) is 10.2 Å². The van der Waals surface area contributed by atoms with Crippen LogP contribution in [0, 0.1) is 11.3 Å². The average Bonchev–Trinajstić information content (AvgIpc) is 3.36. The first-order valence-electron chi connectivity index (χ1n) is 12.4. The van der Waals surface area contributed by atoms with Crippen molar-refractivity contribution < 1.29 is 14.4 Å². The highest BCUT2D eigenvalue weighted by atomic mass is 16.2. The molecule has 0 saturated carbocycles. The van der Waals surface area contributed by atoms with Crippen LogP contribution in [0.2, 0.25) is 0 Å². The van der Waals surface area contributed by atoms with Gasteiger partial charge in [-0.15, -0.1) is 0 Å². The van der Waals surface area contributed by atoms with E-state index in [1.807, 2.05) is 99.7 Å². The van der Waals surface area contributed by atoms with Crippen LogP contribution < -0.4 is 10.2 Å². The number of nitrogens with one attached hydrogen (secondary N) is 1. The molecule has 1 amide bonds. The predicted molar refractivity (Wildman–Crippen MR) is 141 cm³/mol. The zero-order chi connectivity index (χ0) is 25.2. The SMILES string of the molecule is CC(C)(C)C(=O)[C@@H]1[C@H](C(=O)c2ccccc2)[C@@]2(C(=O)Nc3ccccc32)[C@@H]2C=Cc3ccccc3N12. The maximum atomic E-state index is 14.5. The molecule has 0 unspecified atom stereocenters. The van der Waals surface area contributed by atoms with Crippen molar-refractivity contribution in [2.24, 2.45) is 11.3 Å². The van der Waals surface area contributed by atoms with E-state index in [0.29, 0.717) is 11.3 Å². The number of anilines is 2. The van der Waals surface area contributed by atoms with Crippen molar-refractivity contribution in [3.8, 4) is 0 Å². The fourth-order valence-corrected chi connectivity index (χ4v) is 6.35. The Kier molecular flexibility index (Phi) is 4.84. The summed E-state index contributed by atoms with van der Waals surface area (Å²) in [5.74, 6) is -1.39. The number of para-hydroxylation sites is 2. The summed E-state index contributed by atoms with van der Waals surface area (Å²) in [6, 6.07) is 23.2. The predicted octanol–water partition coefficient (Wildman–Crippen LogP) is 5.28. The molecule has 6 rings (SSSR count). The van der Waals surface area contributed by atoms with Crippen molar-refractivity contribution in [2.75, 3.05) is 10.2 Å². The van der Waals surface area contributed by atoms with Crippen LogP contribution in [0.15, 0.2) is 84.9 Å². The van der Waals surface area contributed by atoms with Crippen molar-refractivity contribution in [1.82, 2.24) is 0 Å². The van der Waals surface area contributed by atoms with Crippen molar-refractivity contribution in [3.05, 3.63) is 102 Å². The van der Waals surface area contributed by atoms with Gasteiger partial charge in [0.1, 0.15) is 11.5 Å². The second kappa shape index (κ2) is 7.76. The van der Waals surface area contributed by atoms with Crippen LogP contribution in [0.3, 0.4) is 0 Å². The Balaban J connectivity index is 1.69. The van der Waals surface area contributed by atoms with Gasteiger partial charge in [0.2, 0.25) is 5.91 Å². The summed E-state index contributed by atoms with van der Waals surface area (Å²) < 4.78 is 0. The van der Waals surface area contributed by atoms with Crippen molar-refractivity contribution in [2.45, 2.75) is 38.3 Å². The zero-order valence-electron chi connectivity index (χ0n) is 20.6. The highest BCUT2D eigenvalue weighted by molar-refractivity contribution is 6.17. The summed E-state index contributed by atoms with van der Waals surface area (Å²) >= 11 is 0. The lowest BCUT2D eigenvalue weighted by Crippen LogP contribution is -2.51. The number of carbonyl (C=O) groups is 3. The molecule has 5 nitrogen and oxygen atoms in total. The third-order valence-corrected chi connectivity index (χ3v) is 7.89. The molecule has 3 aliphatic rings. The Bertz CT molecular complexity index is 1440. The molecule has 0 aromatic heterocycles. The van der Waals surface area contributed by atoms with E-state index in [1.165, 1.54) is 0 Å². The Morgan fingerprint density at radius 3 is 2.31 bits per heavy atom. The lowest BCUT2D eigenvalue weighted by atomic mass is 9.63. The second-order valence-electron chi connectivity index (χ2n) is 10.9. The highest BCUT2D eigenvalue weighted by Gasteiger charge is 2.70. The van der Waals surface area contributed by atoms with Crippen molar-refractivity contribution in [3.63, 3.8) is 0 Å². The van der Waals surface area contributed by atoms with E-state index in [-0.39, 0.29) is 17.5 Å². The van der Waals surface area contributed by atoms with Crippen LogP contribution >= 0.6 is 0 Å². The summed E-state index contributed by atoms with van der Waals surface area (Å²) in [6.07, 6.45) is 4.02. The number of fused-ring (bicyclic) bond motifs is 6. The lowest BCUT2D eigenvalue weighted by Gasteiger charge is -2.38. The van der Waals surface area contributed by atoms with E-state index >= 15 is 0 Å². The molecular weight excluding hydrogens is 448 g/mol. The van der Waals surface area contributed by atoms with Crippen LogP contribution in [0.4, 0.5) is 11.4 Å². The standard InChI is InChI=1S/C31H28N2O3/c1-30(2,3)28(35)26-25(27(34)20-12-5-4-6-13-20)31(21-14-8-9-15-22(21)32-29(31)36)24-18-17-19-11-7-10-16-23(19)33(24)26/h4-18,24-26H,1-3H3,(H,32,36)/t24-,25+,26-,31-/m0/s1. The number of rotatable bonds is 3. The van der Waals surface area contributed by atoms with Gasteiger partial charge in [-0.3, -0.25) is 14.4 Å². The lowest BCUT2D eigenvalue weighted by molar-refractivity contribution is -0.128. The topological polar surface area (TPSA) is 66.5 Å². The first kappa shape index (κ1) is 22.5. The van der Waals surface area contributed by atoms with Gasteiger partial charge in [-0.1, -0.05) is 99.7 Å². The molecule has 1 spiro atoms. The number of hydrogen-bond acceptors (Lipinski definition) is 4. The summed E-state index contributed by atoms with van der Waals surface area (Å²) in [7, 11) is 0. The molecule has 1 saturated heterocycles.